The number of rotatable bonds is 5. The largest absolute Gasteiger partial charge is 0.351 e. The predicted octanol–water partition coefficient (Wildman–Crippen LogP) is 4.34. The lowest BCUT2D eigenvalue weighted by molar-refractivity contribution is -0.133. The molecule has 0 radical (unpaired) electrons. The number of carbonyl (C=O) groups is 2. The minimum atomic E-state index is -0.849. The van der Waals surface area contributed by atoms with E-state index in [9.17, 15) is 9.59 Å². The average molecular weight is 402 g/mol. The van der Waals surface area contributed by atoms with Crippen LogP contribution < -0.4 is 5.32 Å². The lowest BCUT2D eigenvalue weighted by atomic mass is 9.91. The molecule has 1 unspecified atom stereocenters. The fourth-order valence-corrected chi connectivity index (χ4v) is 5.77. The number of hydrogen-bond donors (Lipinski definition) is 1. The van der Waals surface area contributed by atoms with E-state index >= 15 is 0 Å². The van der Waals surface area contributed by atoms with Gasteiger partial charge in [-0.2, -0.15) is 0 Å². The number of aryl methyl sites for hydroxylation is 1. The summed E-state index contributed by atoms with van der Waals surface area (Å²) < 4.78 is 3.23. The zero-order valence-corrected chi connectivity index (χ0v) is 18.0. The van der Waals surface area contributed by atoms with E-state index in [2.05, 4.69) is 29.8 Å². The monoisotopic (exact) mass is 401 g/mol. The van der Waals surface area contributed by atoms with Gasteiger partial charge in [-0.1, -0.05) is 33.1 Å². The van der Waals surface area contributed by atoms with Crippen molar-refractivity contribution in [2.45, 2.75) is 83.8 Å². The Morgan fingerprint density at radius 1 is 1.25 bits per heavy atom. The molecule has 3 heterocycles. The predicted molar refractivity (Wildman–Crippen MR) is 114 cm³/mol. The first-order valence-corrected chi connectivity index (χ1v) is 11.5. The highest BCUT2D eigenvalue weighted by Gasteiger charge is 2.47. The minimum absolute atomic E-state index is 0.000329. The van der Waals surface area contributed by atoms with Crippen LogP contribution in [0.25, 0.3) is 10.2 Å². The molecule has 28 heavy (non-hydrogen) atoms. The van der Waals surface area contributed by atoms with Crippen LogP contribution in [0.15, 0.2) is 12.1 Å². The molecule has 1 atom stereocenters. The van der Waals surface area contributed by atoms with Gasteiger partial charge in [0, 0.05) is 17.5 Å². The van der Waals surface area contributed by atoms with Crippen molar-refractivity contribution in [1.29, 1.82) is 0 Å². The second-order valence-electron chi connectivity index (χ2n) is 8.47. The molecule has 5 nitrogen and oxygen atoms in total. The molecule has 2 aromatic rings. The Kier molecular flexibility index (Phi) is 5.25. The maximum atomic E-state index is 13.4. The van der Waals surface area contributed by atoms with E-state index in [1.807, 2.05) is 17.9 Å². The standard InChI is InChI=1S/C22H31N3O2S/c1-4-11-25-20(26)18-13-19-17(12-16(5-2)28-19)24(18)14-22(25,3)21(27)23-15-9-7-6-8-10-15/h12-13,15H,4-11,14H2,1-3H3,(H,23,27). The molecular formula is C22H31N3O2S. The highest BCUT2D eigenvalue weighted by molar-refractivity contribution is 7.19. The summed E-state index contributed by atoms with van der Waals surface area (Å²) in [6, 6.07) is 4.45. The normalized spacial score (nSPS) is 23.2. The maximum Gasteiger partial charge on any atom is 0.271 e. The number of nitrogens with zero attached hydrogens (tertiary/aromatic N) is 2. The molecule has 1 saturated carbocycles. The van der Waals surface area contributed by atoms with Gasteiger partial charge in [-0.25, -0.2) is 0 Å². The Bertz CT molecular complexity index is 893. The summed E-state index contributed by atoms with van der Waals surface area (Å²) in [5.41, 5.74) is 0.969. The zero-order valence-electron chi connectivity index (χ0n) is 17.2. The van der Waals surface area contributed by atoms with Gasteiger partial charge in [0.05, 0.1) is 16.8 Å². The summed E-state index contributed by atoms with van der Waals surface area (Å²) in [6.45, 7) is 7.28. The van der Waals surface area contributed by atoms with E-state index in [-0.39, 0.29) is 17.9 Å². The summed E-state index contributed by atoms with van der Waals surface area (Å²) in [5, 5.41) is 3.28. The second-order valence-corrected chi connectivity index (χ2v) is 9.64. The molecule has 152 valence electrons. The Balaban J connectivity index is 1.70. The molecule has 0 saturated heterocycles. The van der Waals surface area contributed by atoms with Crippen molar-refractivity contribution in [3.8, 4) is 0 Å². The van der Waals surface area contributed by atoms with Crippen molar-refractivity contribution >= 4 is 33.4 Å². The first-order valence-electron chi connectivity index (χ1n) is 10.7. The molecule has 1 fully saturated rings. The quantitative estimate of drug-likeness (QED) is 0.810. The number of carbonyl (C=O) groups excluding carboxylic acids is 2. The van der Waals surface area contributed by atoms with Crippen LogP contribution in [0.2, 0.25) is 0 Å². The van der Waals surface area contributed by atoms with Gasteiger partial charge < -0.3 is 14.8 Å². The first-order chi connectivity index (χ1) is 13.5. The van der Waals surface area contributed by atoms with Gasteiger partial charge in [-0.05, 0) is 44.7 Å². The zero-order chi connectivity index (χ0) is 19.9. The SMILES string of the molecule is CCCN1C(=O)c2cc3sc(CC)cc3n2CC1(C)C(=O)NC1CCCCC1. The summed E-state index contributed by atoms with van der Waals surface area (Å²) in [4.78, 5) is 29.9. The van der Waals surface area contributed by atoms with Crippen LogP contribution in [0.3, 0.4) is 0 Å². The number of thiophene rings is 1. The van der Waals surface area contributed by atoms with Crippen LogP contribution in [0.5, 0.6) is 0 Å². The van der Waals surface area contributed by atoms with Crippen molar-refractivity contribution in [3.63, 3.8) is 0 Å². The van der Waals surface area contributed by atoms with Gasteiger partial charge in [0.2, 0.25) is 5.91 Å². The Labute approximate surface area is 171 Å². The van der Waals surface area contributed by atoms with Crippen molar-refractivity contribution < 1.29 is 9.59 Å². The number of nitrogens with one attached hydrogen (secondary N) is 1. The van der Waals surface area contributed by atoms with E-state index < -0.39 is 5.54 Å². The molecule has 0 spiro atoms. The lowest BCUT2D eigenvalue weighted by Crippen LogP contribution is -2.65. The fraction of sp³-hybridized carbons (Fsp3) is 0.636. The molecule has 6 heteroatoms. The fourth-order valence-electron chi connectivity index (χ4n) is 4.72. The van der Waals surface area contributed by atoms with Crippen molar-refractivity contribution in [2.75, 3.05) is 6.54 Å². The maximum absolute atomic E-state index is 13.4. The first kappa shape index (κ1) is 19.5. The van der Waals surface area contributed by atoms with Crippen molar-refractivity contribution in [2.24, 2.45) is 0 Å². The van der Waals surface area contributed by atoms with Crippen molar-refractivity contribution in [3.05, 3.63) is 22.7 Å². The summed E-state index contributed by atoms with van der Waals surface area (Å²) in [6.07, 6.45) is 7.54. The van der Waals surface area contributed by atoms with E-state index in [1.165, 1.54) is 24.1 Å². The molecule has 1 N–H and O–H groups in total. The third kappa shape index (κ3) is 3.15. The van der Waals surface area contributed by atoms with E-state index in [0.29, 0.717) is 13.1 Å². The Hall–Kier alpha value is -1.82. The third-order valence-electron chi connectivity index (χ3n) is 6.39. The third-order valence-corrected chi connectivity index (χ3v) is 7.61. The molecule has 0 bridgehead atoms. The number of amides is 2. The van der Waals surface area contributed by atoms with Crippen LogP contribution in [0.4, 0.5) is 0 Å². The second kappa shape index (κ2) is 7.54. The lowest BCUT2D eigenvalue weighted by Gasteiger charge is -2.44. The molecule has 4 rings (SSSR count). The molecule has 1 aliphatic heterocycles. The van der Waals surface area contributed by atoms with Gasteiger partial charge in [0.25, 0.3) is 5.91 Å². The van der Waals surface area contributed by atoms with E-state index in [0.717, 1.165) is 41.6 Å². The average Bonchev–Trinajstić information content (AvgIpc) is 3.24. The van der Waals surface area contributed by atoms with Crippen LogP contribution in [-0.2, 0) is 17.8 Å². The molecule has 1 aliphatic carbocycles. The van der Waals surface area contributed by atoms with Crippen molar-refractivity contribution in [1.82, 2.24) is 14.8 Å². The van der Waals surface area contributed by atoms with E-state index in [4.69, 9.17) is 0 Å². The van der Waals surface area contributed by atoms with Crippen LogP contribution in [-0.4, -0.2) is 39.4 Å². The molecule has 2 aromatic heterocycles. The summed E-state index contributed by atoms with van der Waals surface area (Å²) in [7, 11) is 0. The van der Waals surface area contributed by atoms with Gasteiger partial charge >= 0.3 is 0 Å². The summed E-state index contributed by atoms with van der Waals surface area (Å²) in [5.74, 6) is -0.0181. The smallest absolute Gasteiger partial charge is 0.271 e. The molecule has 0 aromatic carbocycles. The van der Waals surface area contributed by atoms with Crippen LogP contribution >= 0.6 is 11.3 Å². The molecule has 2 aliphatic rings. The Morgan fingerprint density at radius 2 is 2.00 bits per heavy atom. The number of fused-ring (bicyclic) bond motifs is 3. The van der Waals surface area contributed by atoms with Crippen LogP contribution in [0, 0.1) is 0 Å². The van der Waals surface area contributed by atoms with E-state index in [1.54, 1.807) is 11.3 Å². The minimum Gasteiger partial charge on any atom is -0.351 e. The van der Waals surface area contributed by atoms with Gasteiger partial charge in [-0.15, -0.1) is 11.3 Å². The van der Waals surface area contributed by atoms with Crippen LogP contribution in [0.1, 0.15) is 74.7 Å². The molecular weight excluding hydrogens is 370 g/mol. The highest BCUT2D eigenvalue weighted by Crippen LogP contribution is 2.36. The van der Waals surface area contributed by atoms with Gasteiger partial charge in [0.1, 0.15) is 11.2 Å². The number of aromatic nitrogens is 1. The summed E-state index contributed by atoms with van der Waals surface area (Å²) >= 11 is 1.75. The number of hydrogen-bond acceptors (Lipinski definition) is 3. The highest BCUT2D eigenvalue weighted by atomic mass is 32.1. The van der Waals surface area contributed by atoms with Gasteiger partial charge in [-0.3, -0.25) is 9.59 Å². The topological polar surface area (TPSA) is 54.3 Å². The molecule has 2 amide bonds. The van der Waals surface area contributed by atoms with Gasteiger partial charge in [0.15, 0.2) is 0 Å². The Morgan fingerprint density at radius 3 is 2.68 bits per heavy atom.